The summed E-state index contributed by atoms with van der Waals surface area (Å²) >= 11 is 0. The van der Waals surface area contributed by atoms with E-state index in [1.54, 1.807) is 0 Å². The molecule has 0 aliphatic heterocycles. The molecule has 0 spiro atoms. The minimum atomic E-state index is -1.86. The first kappa shape index (κ1) is 17.1. The van der Waals surface area contributed by atoms with Gasteiger partial charge in [0.15, 0.2) is 0 Å². The molecular weight excluding hydrogens is 230 g/mol. The van der Waals surface area contributed by atoms with E-state index < -0.39 is 8.56 Å². The molecule has 0 aliphatic rings. The average Bonchev–Trinajstić information content (AvgIpc) is 2.28. The van der Waals surface area contributed by atoms with Crippen molar-refractivity contribution < 1.29 is 8.85 Å². The van der Waals surface area contributed by atoms with Crippen LogP contribution in [0.3, 0.4) is 0 Å². The van der Waals surface area contributed by atoms with Crippen LogP contribution in [0.15, 0.2) is 0 Å². The summed E-state index contributed by atoms with van der Waals surface area (Å²) < 4.78 is 11.6. The largest absolute Gasteiger partial charge is 0.395 e. The Morgan fingerprint density at radius 2 is 1.47 bits per heavy atom. The second-order valence-electron chi connectivity index (χ2n) is 4.56. The third kappa shape index (κ3) is 9.77. The van der Waals surface area contributed by atoms with Crippen LogP contribution in [0.4, 0.5) is 0 Å². The van der Waals surface area contributed by atoms with E-state index >= 15 is 0 Å². The van der Waals surface area contributed by atoms with Crippen molar-refractivity contribution in [2.24, 2.45) is 0 Å². The first-order chi connectivity index (χ1) is 8.18. The van der Waals surface area contributed by atoms with Crippen molar-refractivity contribution in [2.75, 3.05) is 26.3 Å². The molecule has 3 nitrogen and oxygen atoms in total. The molecule has 0 atom stereocenters. The van der Waals surface area contributed by atoms with Crippen molar-refractivity contribution >= 4 is 8.56 Å². The fourth-order valence-corrected chi connectivity index (χ4v) is 4.37. The van der Waals surface area contributed by atoms with Gasteiger partial charge in [-0.25, -0.2) is 0 Å². The van der Waals surface area contributed by atoms with Gasteiger partial charge < -0.3 is 14.2 Å². The molecule has 0 aromatic heterocycles. The minimum Gasteiger partial charge on any atom is -0.395 e. The lowest BCUT2D eigenvalue weighted by Gasteiger charge is -2.25. The molecule has 104 valence electrons. The van der Waals surface area contributed by atoms with Gasteiger partial charge in [-0.15, -0.1) is 0 Å². The monoisotopic (exact) mass is 261 g/mol. The van der Waals surface area contributed by atoms with Crippen LogP contribution in [0.25, 0.3) is 0 Å². The second-order valence-corrected chi connectivity index (χ2v) is 7.91. The molecule has 4 heteroatoms. The normalized spacial score (nSPS) is 12.0. The van der Waals surface area contributed by atoms with Gasteiger partial charge >= 0.3 is 8.56 Å². The molecule has 0 amide bonds. The van der Waals surface area contributed by atoms with E-state index in [0.29, 0.717) is 0 Å². The van der Waals surface area contributed by atoms with Crippen molar-refractivity contribution in [3.8, 4) is 0 Å². The lowest BCUT2D eigenvalue weighted by molar-refractivity contribution is 0.188. The zero-order valence-corrected chi connectivity index (χ0v) is 13.2. The minimum absolute atomic E-state index is 0.770. The lowest BCUT2D eigenvalue weighted by Crippen LogP contribution is -2.39. The lowest BCUT2D eigenvalue weighted by atomic mass is 10.2. The molecule has 0 saturated carbocycles. The van der Waals surface area contributed by atoms with Gasteiger partial charge in [0.05, 0.1) is 0 Å². The van der Waals surface area contributed by atoms with Gasteiger partial charge in [0.2, 0.25) is 0 Å². The van der Waals surface area contributed by atoms with Crippen LogP contribution in [0.5, 0.6) is 0 Å². The second kappa shape index (κ2) is 11.2. The van der Waals surface area contributed by atoms with Crippen LogP contribution >= 0.6 is 0 Å². The Morgan fingerprint density at radius 3 is 2.00 bits per heavy atom. The highest BCUT2D eigenvalue weighted by molar-refractivity contribution is 6.66. The summed E-state index contributed by atoms with van der Waals surface area (Å²) in [6.07, 6.45) is 5.08. The Bertz CT molecular complexity index is 161. The highest BCUT2D eigenvalue weighted by atomic mass is 28.4. The van der Waals surface area contributed by atoms with Crippen LogP contribution in [0, 0.1) is 0 Å². The molecule has 0 rings (SSSR count). The van der Waals surface area contributed by atoms with Gasteiger partial charge in [0.1, 0.15) is 0 Å². The number of nitrogens with one attached hydrogen (secondary N) is 1. The fourth-order valence-electron chi connectivity index (χ4n) is 1.96. The number of rotatable bonds is 12. The fraction of sp³-hybridized carbons (Fsp3) is 1.00. The molecule has 0 aromatic carbocycles. The topological polar surface area (TPSA) is 30.5 Å². The SMILES string of the molecule is CCCCCNCCC[Si](C)(OCC)OCC. The van der Waals surface area contributed by atoms with Crippen LogP contribution in [-0.4, -0.2) is 34.9 Å². The molecule has 0 bridgehead atoms. The molecule has 0 unspecified atom stereocenters. The number of unbranched alkanes of at least 4 members (excludes halogenated alkanes) is 2. The summed E-state index contributed by atoms with van der Waals surface area (Å²) in [5.41, 5.74) is 0. The smallest absolute Gasteiger partial charge is 0.334 e. The highest BCUT2D eigenvalue weighted by Gasteiger charge is 2.29. The number of hydrogen-bond acceptors (Lipinski definition) is 3. The maximum atomic E-state index is 5.80. The Labute approximate surface area is 109 Å². The van der Waals surface area contributed by atoms with Gasteiger partial charge in [-0.3, -0.25) is 0 Å². The quantitative estimate of drug-likeness (QED) is 0.432. The van der Waals surface area contributed by atoms with Crippen molar-refractivity contribution in [3.63, 3.8) is 0 Å². The molecule has 17 heavy (non-hydrogen) atoms. The standard InChI is InChI=1S/C13H31NO2Si/c1-5-8-9-11-14-12-10-13-17(4,15-6-2)16-7-3/h14H,5-13H2,1-4H3. The molecule has 0 saturated heterocycles. The van der Waals surface area contributed by atoms with Crippen LogP contribution < -0.4 is 5.32 Å². The van der Waals surface area contributed by atoms with Crippen molar-refractivity contribution in [3.05, 3.63) is 0 Å². The molecule has 0 fully saturated rings. The van der Waals surface area contributed by atoms with Gasteiger partial charge in [-0.05, 0) is 52.4 Å². The molecule has 1 N–H and O–H groups in total. The molecule has 0 aromatic rings. The zero-order chi connectivity index (χ0) is 13.0. The first-order valence-electron chi connectivity index (χ1n) is 7.17. The zero-order valence-electron chi connectivity index (χ0n) is 12.2. The van der Waals surface area contributed by atoms with E-state index in [0.717, 1.165) is 38.8 Å². The van der Waals surface area contributed by atoms with E-state index in [4.69, 9.17) is 8.85 Å². The van der Waals surface area contributed by atoms with Gasteiger partial charge in [-0.1, -0.05) is 19.8 Å². The van der Waals surface area contributed by atoms with Crippen molar-refractivity contribution in [2.45, 2.75) is 59.0 Å². The third-order valence-electron chi connectivity index (χ3n) is 2.84. The summed E-state index contributed by atoms with van der Waals surface area (Å²) in [6.45, 7) is 12.3. The van der Waals surface area contributed by atoms with Crippen molar-refractivity contribution in [1.82, 2.24) is 5.32 Å². The molecular formula is C13H31NO2Si. The Hall–Kier alpha value is 0.0969. The molecule has 0 radical (unpaired) electrons. The van der Waals surface area contributed by atoms with E-state index in [2.05, 4.69) is 18.8 Å². The first-order valence-corrected chi connectivity index (χ1v) is 9.69. The molecule has 0 heterocycles. The van der Waals surface area contributed by atoms with Crippen LogP contribution in [0.2, 0.25) is 12.6 Å². The molecule has 0 aliphatic carbocycles. The van der Waals surface area contributed by atoms with E-state index in [1.165, 1.54) is 19.3 Å². The van der Waals surface area contributed by atoms with E-state index in [-0.39, 0.29) is 0 Å². The Morgan fingerprint density at radius 1 is 0.882 bits per heavy atom. The average molecular weight is 261 g/mol. The summed E-state index contributed by atoms with van der Waals surface area (Å²) in [4.78, 5) is 0. The Balaban J connectivity index is 3.54. The summed E-state index contributed by atoms with van der Waals surface area (Å²) in [5.74, 6) is 0. The maximum absolute atomic E-state index is 5.80. The van der Waals surface area contributed by atoms with E-state index in [1.807, 2.05) is 13.8 Å². The summed E-state index contributed by atoms with van der Waals surface area (Å²) in [5, 5.41) is 3.49. The maximum Gasteiger partial charge on any atom is 0.334 e. The van der Waals surface area contributed by atoms with E-state index in [9.17, 15) is 0 Å². The highest BCUT2D eigenvalue weighted by Crippen LogP contribution is 2.15. The third-order valence-corrected chi connectivity index (χ3v) is 5.90. The van der Waals surface area contributed by atoms with Gasteiger partial charge in [-0.2, -0.15) is 0 Å². The number of hydrogen-bond donors (Lipinski definition) is 1. The van der Waals surface area contributed by atoms with Crippen LogP contribution in [0.1, 0.15) is 46.5 Å². The predicted molar refractivity (Wildman–Crippen MR) is 76.7 cm³/mol. The van der Waals surface area contributed by atoms with Crippen LogP contribution in [-0.2, 0) is 8.85 Å². The summed E-state index contributed by atoms with van der Waals surface area (Å²) in [7, 11) is -1.86. The predicted octanol–water partition coefficient (Wildman–Crippen LogP) is 3.30. The summed E-state index contributed by atoms with van der Waals surface area (Å²) in [6, 6.07) is 1.09. The Kier molecular flexibility index (Phi) is 11.3. The van der Waals surface area contributed by atoms with Gasteiger partial charge in [0.25, 0.3) is 0 Å². The van der Waals surface area contributed by atoms with Gasteiger partial charge in [0, 0.05) is 13.2 Å². The van der Waals surface area contributed by atoms with Crippen molar-refractivity contribution in [1.29, 1.82) is 0 Å².